The molecule has 1 aromatic carbocycles. The van der Waals surface area contributed by atoms with Crippen LogP contribution in [0, 0.1) is 0 Å². The van der Waals surface area contributed by atoms with E-state index in [1.54, 1.807) is 18.2 Å². The lowest BCUT2D eigenvalue weighted by Crippen LogP contribution is -2.20. The van der Waals surface area contributed by atoms with Gasteiger partial charge in [0.05, 0.1) is 13.5 Å². The first-order chi connectivity index (χ1) is 11.4. The van der Waals surface area contributed by atoms with Crippen LogP contribution in [0.3, 0.4) is 0 Å². The molecule has 0 saturated heterocycles. The third kappa shape index (κ3) is 5.45. The van der Waals surface area contributed by atoms with Gasteiger partial charge in [-0.1, -0.05) is 12.1 Å². The van der Waals surface area contributed by atoms with Gasteiger partial charge < -0.3 is 14.2 Å². The number of alkyl halides is 3. The Balaban J connectivity index is 2.23. The average Bonchev–Trinajstić information content (AvgIpc) is 2.55. The quantitative estimate of drug-likeness (QED) is 0.753. The number of hydrogen-bond acceptors (Lipinski definition) is 5. The van der Waals surface area contributed by atoms with Crippen LogP contribution in [0.4, 0.5) is 13.2 Å². The van der Waals surface area contributed by atoms with E-state index in [1.807, 2.05) is 0 Å². The summed E-state index contributed by atoms with van der Waals surface area (Å²) in [6.07, 6.45) is -3.20. The molecule has 5 nitrogen and oxygen atoms in total. The van der Waals surface area contributed by atoms with Crippen molar-refractivity contribution in [1.82, 2.24) is 4.98 Å². The SMILES string of the molecule is COC(=O)Cc1ccc(Oc2ccccn2)cc1OCC(F)(F)F. The highest BCUT2D eigenvalue weighted by Crippen LogP contribution is 2.29. The van der Waals surface area contributed by atoms with Gasteiger partial charge in [-0.3, -0.25) is 4.79 Å². The van der Waals surface area contributed by atoms with E-state index in [1.165, 1.54) is 31.5 Å². The Morgan fingerprint density at radius 1 is 1.21 bits per heavy atom. The number of esters is 1. The van der Waals surface area contributed by atoms with Gasteiger partial charge in [0.25, 0.3) is 0 Å². The number of halogens is 3. The van der Waals surface area contributed by atoms with Crippen molar-refractivity contribution in [1.29, 1.82) is 0 Å². The second-order valence-electron chi connectivity index (χ2n) is 4.70. The third-order valence-corrected chi connectivity index (χ3v) is 2.85. The van der Waals surface area contributed by atoms with Crippen molar-refractivity contribution >= 4 is 5.97 Å². The summed E-state index contributed by atoms with van der Waals surface area (Å²) in [5, 5.41) is 0. The molecule has 128 valence electrons. The summed E-state index contributed by atoms with van der Waals surface area (Å²) in [6.45, 7) is -1.48. The minimum Gasteiger partial charge on any atom is -0.484 e. The largest absolute Gasteiger partial charge is 0.484 e. The van der Waals surface area contributed by atoms with Crippen LogP contribution in [0.25, 0.3) is 0 Å². The summed E-state index contributed by atoms with van der Waals surface area (Å²) in [6, 6.07) is 9.23. The normalized spacial score (nSPS) is 11.0. The van der Waals surface area contributed by atoms with E-state index in [0.717, 1.165) is 0 Å². The van der Waals surface area contributed by atoms with E-state index < -0.39 is 18.8 Å². The fraction of sp³-hybridized carbons (Fsp3) is 0.250. The van der Waals surface area contributed by atoms with Gasteiger partial charge in [0, 0.05) is 23.9 Å². The number of pyridine rings is 1. The molecule has 0 unspecified atom stereocenters. The van der Waals surface area contributed by atoms with E-state index in [0.29, 0.717) is 0 Å². The van der Waals surface area contributed by atoms with Crippen molar-refractivity contribution in [3.05, 3.63) is 48.2 Å². The molecule has 0 fully saturated rings. The zero-order valence-corrected chi connectivity index (χ0v) is 12.7. The second kappa shape index (κ2) is 7.67. The van der Waals surface area contributed by atoms with Gasteiger partial charge in [-0.05, 0) is 12.1 Å². The van der Waals surface area contributed by atoms with Crippen LogP contribution in [0.2, 0.25) is 0 Å². The van der Waals surface area contributed by atoms with Crippen LogP contribution in [0.1, 0.15) is 5.56 Å². The molecule has 2 aromatic rings. The summed E-state index contributed by atoms with van der Waals surface area (Å²) in [4.78, 5) is 15.3. The zero-order valence-electron chi connectivity index (χ0n) is 12.7. The van der Waals surface area contributed by atoms with E-state index >= 15 is 0 Å². The number of rotatable bonds is 6. The van der Waals surface area contributed by atoms with E-state index in [9.17, 15) is 18.0 Å². The van der Waals surface area contributed by atoms with Crippen LogP contribution in [0.5, 0.6) is 17.4 Å². The molecule has 0 radical (unpaired) electrons. The van der Waals surface area contributed by atoms with Gasteiger partial charge in [0.2, 0.25) is 5.88 Å². The lowest BCUT2D eigenvalue weighted by Gasteiger charge is -2.14. The topological polar surface area (TPSA) is 57.7 Å². The first kappa shape index (κ1) is 17.6. The molecule has 0 aliphatic rings. The predicted octanol–water partition coefficient (Wildman–Crippen LogP) is 3.53. The molecular weight excluding hydrogens is 327 g/mol. The number of benzene rings is 1. The number of hydrogen-bond donors (Lipinski definition) is 0. The number of ether oxygens (including phenoxy) is 3. The predicted molar refractivity (Wildman–Crippen MR) is 78.0 cm³/mol. The fourth-order valence-electron chi connectivity index (χ4n) is 1.79. The number of nitrogens with zero attached hydrogens (tertiary/aromatic N) is 1. The molecule has 0 bridgehead atoms. The van der Waals surface area contributed by atoms with Crippen molar-refractivity contribution in [3.63, 3.8) is 0 Å². The first-order valence-electron chi connectivity index (χ1n) is 6.85. The van der Waals surface area contributed by atoms with Crippen molar-refractivity contribution in [2.75, 3.05) is 13.7 Å². The number of carbonyl (C=O) groups excluding carboxylic acids is 1. The number of aromatic nitrogens is 1. The molecule has 1 aromatic heterocycles. The Morgan fingerprint density at radius 3 is 2.62 bits per heavy atom. The number of carbonyl (C=O) groups is 1. The Bertz CT molecular complexity index is 689. The monoisotopic (exact) mass is 341 g/mol. The summed E-state index contributed by atoms with van der Waals surface area (Å²) in [5.41, 5.74) is 0.263. The molecule has 0 aliphatic heterocycles. The third-order valence-electron chi connectivity index (χ3n) is 2.85. The molecule has 8 heteroatoms. The lowest BCUT2D eigenvalue weighted by molar-refractivity contribution is -0.153. The minimum absolute atomic E-state index is 0.105. The van der Waals surface area contributed by atoms with Crippen LogP contribution in [-0.2, 0) is 16.0 Å². The van der Waals surface area contributed by atoms with Crippen molar-refractivity contribution in [3.8, 4) is 17.4 Å². The summed E-state index contributed by atoms with van der Waals surface area (Å²) in [5.74, 6) is -0.184. The molecule has 0 atom stereocenters. The standard InChI is InChI=1S/C16H14F3NO4/c1-22-15(21)8-11-5-6-12(24-14-4-2-3-7-20-14)9-13(11)23-10-16(17,18)19/h2-7,9H,8,10H2,1H3. The fourth-order valence-corrected chi connectivity index (χ4v) is 1.79. The maximum absolute atomic E-state index is 12.4. The highest BCUT2D eigenvalue weighted by atomic mass is 19.4. The van der Waals surface area contributed by atoms with Gasteiger partial charge >= 0.3 is 12.1 Å². The molecule has 24 heavy (non-hydrogen) atoms. The van der Waals surface area contributed by atoms with E-state index in [2.05, 4.69) is 9.72 Å². The average molecular weight is 341 g/mol. The molecule has 0 spiro atoms. The van der Waals surface area contributed by atoms with Crippen molar-refractivity contribution in [2.45, 2.75) is 12.6 Å². The van der Waals surface area contributed by atoms with E-state index in [-0.39, 0.29) is 29.4 Å². The van der Waals surface area contributed by atoms with Crippen LogP contribution < -0.4 is 9.47 Å². The van der Waals surface area contributed by atoms with Crippen LogP contribution >= 0.6 is 0 Å². The maximum atomic E-state index is 12.4. The molecule has 0 N–H and O–H groups in total. The lowest BCUT2D eigenvalue weighted by atomic mass is 10.1. The molecule has 0 aliphatic carbocycles. The first-order valence-corrected chi connectivity index (χ1v) is 6.85. The molecular formula is C16H14F3NO4. The van der Waals surface area contributed by atoms with Crippen molar-refractivity contribution < 1.29 is 32.2 Å². The second-order valence-corrected chi connectivity index (χ2v) is 4.70. The Hall–Kier alpha value is -2.77. The molecule has 2 rings (SSSR count). The zero-order chi connectivity index (χ0) is 17.6. The van der Waals surface area contributed by atoms with Gasteiger partial charge in [-0.15, -0.1) is 0 Å². The minimum atomic E-state index is -4.50. The molecule has 0 saturated carbocycles. The molecule has 0 amide bonds. The molecule has 1 heterocycles. The summed E-state index contributed by atoms with van der Waals surface area (Å²) < 4.78 is 51.9. The van der Waals surface area contributed by atoms with Gasteiger partial charge in [0.15, 0.2) is 6.61 Å². The highest BCUT2D eigenvalue weighted by Gasteiger charge is 2.29. The Labute approximate surface area is 136 Å². The highest BCUT2D eigenvalue weighted by molar-refractivity contribution is 5.73. The van der Waals surface area contributed by atoms with Crippen LogP contribution in [-0.4, -0.2) is 30.8 Å². The van der Waals surface area contributed by atoms with Gasteiger partial charge in [0.1, 0.15) is 11.5 Å². The van der Waals surface area contributed by atoms with Crippen LogP contribution in [0.15, 0.2) is 42.6 Å². The van der Waals surface area contributed by atoms with Gasteiger partial charge in [-0.25, -0.2) is 4.98 Å². The van der Waals surface area contributed by atoms with E-state index in [4.69, 9.17) is 9.47 Å². The Kier molecular flexibility index (Phi) is 5.62. The smallest absolute Gasteiger partial charge is 0.422 e. The summed E-state index contributed by atoms with van der Waals surface area (Å²) in [7, 11) is 1.19. The van der Waals surface area contributed by atoms with Gasteiger partial charge in [-0.2, -0.15) is 13.2 Å². The maximum Gasteiger partial charge on any atom is 0.422 e. The Morgan fingerprint density at radius 2 is 2.00 bits per heavy atom. The van der Waals surface area contributed by atoms with Crippen molar-refractivity contribution in [2.24, 2.45) is 0 Å². The summed E-state index contributed by atoms with van der Waals surface area (Å²) >= 11 is 0. The number of methoxy groups -OCH3 is 1.